The molecule has 0 atom stereocenters. The third-order valence-electron chi connectivity index (χ3n) is 2.00. The summed E-state index contributed by atoms with van der Waals surface area (Å²) in [6, 6.07) is 6.54. The van der Waals surface area contributed by atoms with Gasteiger partial charge in [-0.05, 0) is 18.1 Å². The normalized spacial score (nSPS) is 10.0. The van der Waals surface area contributed by atoms with E-state index in [4.69, 9.17) is 11.6 Å². The largest absolute Gasteiger partial charge is 0.356 e. The Morgan fingerprint density at radius 2 is 2.13 bits per heavy atom. The maximum atomic E-state index is 13.1. The van der Waals surface area contributed by atoms with E-state index < -0.39 is 0 Å². The minimum Gasteiger partial charge on any atom is -0.356 e. The van der Waals surface area contributed by atoms with Gasteiger partial charge in [0.25, 0.3) is 0 Å². The number of benzene rings is 1. The van der Waals surface area contributed by atoms with Gasteiger partial charge in [0.05, 0.1) is 0 Å². The summed E-state index contributed by atoms with van der Waals surface area (Å²) in [5.74, 6) is -0.0173. The first-order valence-electron chi connectivity index (χ1n) is 4.80. The van der Waals surface area contributed by atoms with Crippen molar-refractivity contribution in [2.24, 2.45) is 0 Å². The van der Waals surface area contributed by atoms with Crippen molar-refractivity contribution in [3.63, 3.8) is 0 Å². The first-order valence-corrected chi connectivity index (χ1v) is 5.33. The van der Waals surface area contributed by atoms with Gasteiger partial charge in [0.1, 0.15) is 5.82 Å². The second-order valence-electron chi connectivity index (χ2n) is 3.13. The number of rotatable bonds is 5. The fourth-order valence-corrected chi connectivity index (χ4v) is 1.38. The predicted molar refractivity (Wildman–Crippen MR) is 58.5 cm³/mol. The van der Waals surface area contributed by atoms with Crippen LogP contribution in [0.2, 0.25) is 0 Å². The molecule has 0 fully saturated rings. The molecule has 1 rings (SSSR count). The highest BCUT2D eigenvalue weighted by Gasteiger charge is 2.02. The first-order chi connectivity index (χ1) is 7.24. The third kappa shape index (κ3) is 4.30. The zero-order chi connectivity index (χ0) is 11.1. The van der Waals surface area contributed by atoms with E-state index >= 15 is 0 Å². The Morgan fingerprint density at radius 1 is 1.40 bits per heavy atom. The Hall–Kier alpha value is -1.09. The molecule has 0 aliphatic heterocycles. The molecule has 82 valence electrons. The van der Waals surface area contributed by atoms with Crippen LogP contribution in [-0.2, 0) is 11.2 Å². The molecule has 2 nitrogen and oxygen atoms in total. The maximum Gasteiger partial charge on any atom is 0.221 e. The van der Waals surface area contributed by atoms with E-state index in [9.17, 15) is 9.18 Å². The summed E-state index contributed by atoms with van der Waals surface area (Å²) >= 11 is 5.40. The Balaban J connectivity index is 2.32. The highest BCUT2D eigenvalue weighted by atomic mass is 35.5. The second-order valence-corrected chi connectivity index (χ2v) is 3.51. The van der Waals surface area contributed by atoms with Crippen molar-refractivity contribution in [1.29, 1.82) is 0 Å². The molecule has 1 aromatic carbocycles. The predicted octanol–water partition coefficient (Wildman–Crippen LogP) is 2.11. The van der Waals surface area contributed by atoms with Crippen LogP contribution in [-0.4, -0.2) is 18.3 Å². The number of halogens is 2. The highest BCUT2D eigenvalue weighted by Crippen LogP contribution is 2.06. The summed E-state index contributed by atoms with van der Waals surface area (Å²) in [5, 5.41) is 2.67. The fourth-order valence-electron chi connectivity index (χ4n) is 1.21. The topological polar surface area (TPSA) is 29.1 Å². The van der Waals surface area contributed by atoms with E-state index in [1.807, 2.05) is 0 Å². The van der Waals surface area contributed by atoms with E-state index in [1.54, 1.807) is 18.2 Å². The lowest BCUT2D eigenvalue weighted by Gasteiger charge is -2.04. The van der Waals surface area contributed by atoms with Crippen LogP contribution in [0.4, 0.5) is 4.39 Å². The molecular weight excluding hydrogens is 217 g/mol. The minimum absolute atomic E-state index is 0.0960. The first kappa shape index (κ1) is 12.0. The maximum absolute atomic E-state index is 13.1. The molecule has 1 amide bonds. The van der Waals surface area contributed by atoms with Crippen molar-refractivity contribution in [1.82, 2.24) is 5.32 Å². The number of alkyl halides is 1. The lowest BCUT2D eigenvalue weighted by atomic mass is 10.1. The summed E-state index contributed by atoms with van der Waals surface area (Å²) < 4.78 is 13.1. The second kappa shape index (κ2) is 6.40. The molecule has 0 radical (unpaired) electrons. The number of hydrogen-bond acceptors (Lipinski definition) is 1. The molecule has 0 bridgehead atoms. The van der Waals surface area contributed by atoms with Gasteiger partial charge in [-0.15, -0.1) is 11.6 Å². The molecule has 15 heavy (non-hydrogen) atoms. The monoisotopic (exact) mass is 229 g/mol. The van der Waals surface area contributed by atoms with Crippen molar-refractivity contribution in [3.8, 4) is 0 Å². The van der Waals surface area contributed by atoms with Gasteiger partial charge in [-0.2, -0.15) is 0 Å². The summed E-state index contributed by atoms with van der Waals surface area (Å²) in [5.41, 5.74) is 0.615. The van der Waals surface area contributed by atoms with Crippen LogP contribution < -0.4 is 5.32 Å². The average molecular weight is 230 g/mol. The molecule has 0 saturated carbocycles. The zero-order valence-corrected chi connectivity index (χ0v) is 9.06. The lowest BCUT2D eigenvalue weighted by molar-refractivity contribution is -0.120. The molecule has 0 aliphatic rings. The Labute approximate surface area is 93.4 Å². The molecule has 4 heteroatoms. The van der Waals surface area contributed by atoms with Crippen molar-refractivity contribution in [3.05, 3.63) is 35.6 Å². The SMILES string of the molecule is O=C(CCCl)NCCc1ccccc1F. The number of carbonyl (C=O) groups is 1. The molecule has 1 aromatic rings. The van der Waals surface area contributed by atoms with Crippen LogP contribution in [0.3, 0.4) is 0 Å². The number of hydrogen-bond donors (Lipinski definition) is 1. The average Bonchev–Trinajstić information content (AvgIpc) is 2.21. The van der Waals surface area contributed by atoms with Crippen LogP contribution in [0.5, 0.6) is 0 Å². The van der Waals surface area contributed by atoms with Gasteiger partial charge in [0, 0.05) is 18.8 Å². The molecule has 0 saturated heterocycles. The molecule has 0 spiro atoms. The number of amides is 1. The molecule has 0 unspecified atom stereocenters. The van der Waals surface area contributed by atoms with Crippen LogP contribution >= 0.6 is 11.6 Å². The van der Waals surface area contributed by atoms with E-state index in [-0.39, 0.29) is 11.7 Å². The van der Waals surface area contributed by atoms with Gasteiger partial charge in [-0.25, -0.2) is 4.39 Å². The van der Waals surface area contributed by atoms with Crippen molar-refractivity contribution in [2.75, 3.05) is 12.4 Å². The molecule has 1 N–H and O–H groups in total. The van der Waals surface area contributed by atoms with Crippen molar-refractivity contribution in [2.45, 2.75) is 12.8 Å². The van der Waals surface area contributed by atoms with Gasteiger partial charge in [0.2, 0.25) is 5.91 Å². The molecule has 0 aliphatic carbocycles. The highest BCUT2D eigenvalue weighted by molar-refractivity contribution is 6.18. The molecular formula is C11H13ClFNO. The van der Waals surface area contributed by atoms with Gasteiger partial charge in [-0.3, -0.25) is 4.79 Å². The third-order valence-corrected chi connectivity index (χ3v) is 2.18. The summed E-state index contributed by atoms with van der Waals surface area (Å²) in [6.45, 7) is 0.441. The zero-order valence-electron chi connectivity index (χ0n) is 8.30. The van der Waals surface area contributed by atoms with Gasteiger partial charge in [0.15, 0.2) is 0 Å². The van der Waals surface area contributed by atoms with Crippen LogP contribution in [0, 0.1) is 5.82 Å². The van der Waals surface area contributed by atoms with Gasteiger partial charge in [-0.1, -0.05) is 18.2 Å². The quantitative estimate of drug-likeness (QED) is 0.770. The van der Waals surface area contributed by atoms with Crippen LogP contribution in [0.1, 0.15) is 12.0 Å². The van der Waals surface area contributed by atoms with Crippen LogP contribution in [0.25, 0.3) is 0 Å². The molecule has 0 heterocycles. The Kier molecular flexibility index (Phi) is 5.12. The number of nitrogens with one attached hydrogen (secondary N) is 1. The Morgan fingerprint density at radius 3 is 2.80 bits per heavy atom. The van der Waals surface area contributed by atoms with E-state index in [0.29, 0.717) is 30.8 Å². The van der Waals surface area contributed by atoms with E-state index in [1.165, 1.54) is 6.07 Å². The molecule has 0 aromatic heterocycles. The lowest BCUT2D eigenvalue weighted by Crippen LogP contribution is -2.25. The summed E-state index contributed by atoms with van der Waals surface area (Å²) in [7, 11) is 0. The minimum atomic E-state index is -0.232. The summed E-state index contributed by atoms with van der Waals surface area (Å²) in [4.78, 5) is 11.0. The van der Waals surface area contributed by atoms with E-state index in [2.05, 4.69) is 5.32 Å². The summed E-state index contributed by atoms with van der Waals surface area (Å²) in [6.07, 6.45) is 0.805. The Bertz CT molecular complexity index is 330. The number of carbonyl (C=O) groups excluding carboxylic acids is 1. The smallest absolute Gasteiger partial charge is 0.221 e. The van der Waals surface area contributed by atoms with Gasteiger partial charge >= 0.3 is 0 Å². The standard InChI is InChI=1S/C11H13ClFNO/c12-7-5-11(15)14-8-6-9-3-1-2-4-10(9)13/h1-4H,5-8H2,(H,14,15). The van der Waals surface area contributed by atoms with E-state index in [0.717, 1.165) is 0 Å². The van der Waals surface area contributed by atoms with Crippen LogP contribution in [0.15, 0.2) is 24.3 Å². The van der Waals surface area contributed by atoms with Crippen molar-refractivity contribution < 1.29 is 9.18 Å². The van der Waals surface area contributed by atoms with Gasteiger partial charge < -0.3 is 5.32 Å². The van der Waals surface area contributed by atoms with Crippen molar-refractivity contribution >= 4 is 17.5 Å². The fraction of sp³-hybridized carbons (Fsp3) is 0.364.